The maximum Gasteiger partial charge on any atom is 0.113 e. The fraction of sp³-hybridized carbons (Fsp3) is 0.833. The summed E-state index contributed by atoms with van der Waals surface area (Å²) in [6.07, 6.45) is -6.06. The third-order valence-corrected chi connectivity index (χ3v) is 1.70. The molecule has 0 amide bonds. The summed E-state index contributed by atoms with van der Waals surface area (Å²) >= 11 is 4.30. The summed E-state index contributed by atoms with van der Waals surface area (Å²) in [5.41, 5.74) is 0. The summed E-state index contributed by atoms with van der Waals surface area (Å²) in [6.45, 7) is -0.692. The Morgan fingerprint density at radius 1 is 1.08 bits per heavy atom. The second-order valence-electron chi connectivity index (χ2n) is 2.36. The Kier molecular flexibility index (Phi) is 11.5. The Morgan fingerprint density at radius 2 is 1.54 bits per heavy atom. The third kappa shape index (κ3) is 5.85. The molecule has 5 N–H and O–H groups in total. The Morgan fingerprint density at radius 3 is 1.85 bits per heavy atom. The average Bonchev–Trinajstić information content (AvgIpc) is 2.12. The molecule has 0 fully saturated rings. The van der Waals surface area contributed by atoms with E-state index in [1.165, 1.54) is 0 Å². The predicted octanol–water partition coefficient (Wildman–Crippen LogP) is -2.96. The van der Waals surface area contributed by atoms with E-state index in [1.54, 1.807) is 0 Å². The minimum atomic E-state index is -1.61. The van der Waals surface area contributed by atoms with Gasteiger partial charge in [-0.3, -0.25) is 0 Å². The number of rotatable bonds is 5. The van der Waals surface area contributed by atoms with Crippen LogP contribution in [0.15, 0.2) is 0 Å². The molecule has 0 saturated heterocycles. The first-order valence-electron chi connectivity index (χ1n) is 3.33. The molecule has 4 atom stereocenters. The second-order valence-corrected chi connectivity index (χ2v) is 2.63. The van der Waals surface area contributed by atoms with Gasteiger partial charge in [-0.2, -0.15) is 0 Å². The van der Waals surface area contributed by atoms with E-state index in [4.69, 9.17) is 25.5 Å². The van der Waals surface area contributed by atoms with Crippen LogP contribution in [-0.2, 0) is 0 Å². The fourth-order valence-corrected chi connectivity index (χ4v) is 0.779. The molecule has 0 rings (SSSR count). The number of aliphatic hydroxyl groups is 5. The van der Waals surface area contributed by atoms with Crippen molar-refractivity contribution in [2.45, 2.75) is 24.4 Å². The van der Waals surface area contributed by atoms with Crippen LogP contribution in [0, 0.1) is 0 Å². The van der Waals surface area contributed by atoms with E-state index in [-0.39, 0.29) is 51.4 Å². The molecule has 0 aromatic heterocycles. The van der Waals surface area contributed by atoms with Crippen molar-refractivity contribution in [1.82, 2.24) is 0 Å². The second kappa shape index (κ2) is 8.80. The van der Waals surface area contributed by atoms with Gasteiger partial charge in [0.25, 0.3) is 0 Å². The first kappa shape index (κ1) is 16.9. The molecule has 0 aliphatic rings. The van der Waals surface area contributed by atoms with Gasteiger partial charge >= 0.3 is 0 Å². The molecule has 0 aromatic carbocycles. The van der Waals surface area contributed by atoms with Gasteiger partial charge in [0.2, 0.25) is 0 Å². The van der Waals surface area contributed by atoms with Gasteiger partial charge in [0.1, 0.15) is 24.4 Å². The standard InChI is InChI=1S/C6H12O5S.K/c7-1-3(8)5(10)6(11)4(9)2-12;/h2-11H,1H2;/t3-,4+,5+,6-;/m1./s1. The van der Waals surface area contributed by atoms with Crippen molar-refractivity contribution in [1.29, 1.82) is 0 Å². The predicted molar refractivity (Wildman–Crippen MR) is 50.5 cm³/mol. The van der Waals surface area contributed by atoms with E-state index in [0.717, 1.165) is 5.37 Å². The molecular formula is C6H12KO5S. The smallest absolute Gasteiger partial charge is 0.113 e. The minimum absolute atomic E-state index is 0. The summed E-state index contributed by atoms with van der Waals surface area (Å²) < 4.78 is 0. The van der Waals surface area contributed by atoms with Crippen LogP contribution in [0.4, 0.5) is 0 Å². The van der Waals surface area contributed by atoms with Crippen LogP contribution >= 0.6 is 12.2 Å². The summed E-state index contributed by atoms with van der Waals surface area (Å²) in [4.78, 5) is 0. The molecule has 0 unspecified atom stereocenters. The first-order valence-corrected chi connectivity index (χ1v) is 3.80. The SMILES string of the molecule is OC[C@@H](O)[C@H](O)[C@H](O)[C@@H](O)C=S.[K]. The fourth-order valence-electron chi connectivity index (χ4n) is 0.618. The molecule has 1 radical (unpaired) electrons. The molecule has 0 aliphatic heterocycles. The van der Waals surface area contributed by atoms with Crippen LogP contribution in [0.3, 0.4) is 0 Å². The van der Waals surface area contributed by atoms with Crippen LogP contribution in [-0.4, -0.2) is 113 Å². The largest absolute Gasteiger partial charge is 0.394 e. The van der Waals surface area contributed by atoms with Gasteiger partial charge in [-0.05, 0) is 0 Å². The van der Waals surface area contributed by atoms with Crippen molar-refractivity contribution in [2.24, 2.45) is 0 Å². The molecule has 0 saturated carbocycles. The molecule has 0 aromatic rings. The van der Waals surface area contributed by atoms with Crippen molar-refractivity contribution < 1.29 is 25.5 Å². The topological polar surface area (TPSA) is 101 Å². The van der Waals surface area contributed by atoms with E-state index in [9.17, 15) is 0 Å². The molecule has 13 heavy (non-hydrogen) atoms. The maximum absolute atomic E-state index is 9.02. The average molecular weight is 235 g/mol. The molecule has 73 valence electrons. The van der Waals surface area contributed by atoms with Crippen molar-refractivity contribution in [3.05, 3.63) is 0 Å². The number of hydrogen-bond donors (Lipinski definition) is 5. The Hall–Kier alpha value is 1.53. The molecular weight excluding hydrogens is 223 g/mol. The van der Waals surface area contributed by atoms with Crippen molar-refractivity contribution >= 4 is 69.0 Å². The summed E-state index contributed by atoms with van der Waals surface area (Å²) in [6, 6.07) is 0. The van der Waals surface area contributed by atoms with E-state index in [0.29, 0.717) is 0 Å². The maximum atomic E-state index is 9.02. The van der Waals surface area contributed by atoms with Gasteiger partial charge in [-0.25, -0.2) is 0 Å². The van der Waals surface area contributed by atoms with Crippen LogP contribution < -0.4 is 0 Å². The molecule has 0 aliphatic carbocycles. The van der Waals surface area contributed by atoms with Gasteiger partial charge in [0.05, 0.1) is 6.61 Å². The zero-order valence-corrected chi connectivity index (χ0v) is 11.2. The van der Waals surface area contributed by atoms with E-state index in [2.05, 4.69) is 12.2 Å². The number of aliphatic hydroxyl groups excluding tert-OH is 5. The van der Waals surface area contributed by atoms with Crippen LogP contribution in [0.5, 0.6) is 0 Å². The molecule has 7 heteroatoms. The van der Waals surface area contributed by atoms with Gasteiger partial charge in [0.15, 0.2) is 0 Å². The van der Waals surface area contributed by atoms with Crippen LogP contribution in [0.2, 0.25) is 0 Å². The van der Waals surface area contributed by atoms with Gasteiger partial charge in [-0.15, -0.1) is 0 Å². The number of hydrogen-bond acceptors (Lipinski definition) is 6. The first-order chi connectivity index (χ1) is 5.54. The quantitative estimate of drug-likeness (QED) is 0.258. The molecule has 0 spiro atoms. The van der Waals surface area contributed by atoms with Crippen molar-refractivity contribution in [3.8, 4) is 0 Å². The zero-order chi connectivity index (χ0) is 9.72. The summed E-state index contributed by atoms with van der Waals surface area (Å²) in [5, 5.41) is 44.9. The minimum Gasteiger partial charge on any atom is -0.394 e. The van der Waals surface area contributed by atoms with Crippen molar-refractivity contribution in [2.75, 3.05) is 6.61 Å². The summed E-state index contributed by atoms with van der Waals surface area (Å²) in [7, 11) is 0. The van der Waals surface area contributed by atoms with Crippen LogP contribution in [0.25, 0.3) is 0 Å². The van der Waals surface area contributed by atoms with Crippen LogP contribution in [0.1, 0.15) is 0 Å². The monoisotopic (exact) mass is 235 g/mol. The summed E-state index contributed by atoms with van der Waals surface area (Å²) in [5.74, 6) is 0. The van der Waals surface area contributed by atoms with E-state index >= 15 is 0 Å². The van der Waals surface area contributed by atoms with E-state index in [1.807, 2.05) is 0 Å². The Bertz CT molecular complexity index is 147. The van der Waals surface area contributed by atoms with Crippen molar-refractivity contribution in [3.63, 3.8) is 0 Å². The molecule has 0 heterocycles. The van der Waals surface area contributed by atoms with Gasteiger partial charge in [-0.1, -0.05) is 12.2 Å². The van der Waals surface area contributed by atoms with E-state index < -0.39 is 31.0 Å². The third-order valence-electron chi connectivity index (χ3n) is 1.42. The number of thiocarbonyl (C=S) groups is 1. The normalized spacial score (nSPS) is 19.5. The molecule has 5 nitrogen and oxygen atoms in total. The van der Waals surface area contributed by atoms with Gasteiger partial charge in [0, 0.05) is 56.8 Å². The van der Waals surface area contributed by atoms with Gasteiger partial charge < -0.3 is 25.5 Å². The zero-order valence-electron chi connectivity index (χ0n) is 7.24. The molecule has 0 bridgehead atoms. The Labute approximate surface area is 124 Å². The Balaban J connectivity index is 0.